The molecule has 0 aliphatic carbocycles. The largest absolute Gasteiger partial charge is 0.496 e. The van der Waals surface area contributed by atoms with Crippen LogP contribution in [0.2, 0.25) is 0 Å². The van der Waals surface area contributed by atoms with E-state index < -0.39 is 5.91 Å². The zero-order valence-electron chi connectivity index (χ0n) is 19.8. The number of aryl methyl sites for hydroxylation is 2. The second kappa shape index (κ2) is 9.83. The van der Waals surface area contributed by atoms with Crippen molar-refractivity contribution in [3.8, 4) is 11.5 Å². The smallest absolute Gasteiger partial charge is 0.278 e. The van der Waals surface area contributed by atoms with Crippen LogP contribution < -0.4 is 14.8 Å². The molecule has 6 heteroatoms. The molecule has 0 bridgehead atoms. The highest BCUT2D eigenvalue weighted by molar-refractivity contribution is 6.36. The van der Waals surface area contributed by atoms with Crippen LogP contribution in [0.25, 0.3) is 5.57 Å². The molecule has 0 saturated carbocycles. The summed E-state index contributed by atoms with van der Waals surface area (Å²) in [5, 5.41) is 3.22. The lowest BCUT2D eigenvalue weighted by Gasteiger charge is -2.17. The van der Waals surface area contributed by atoms with E-state index in [1.807, 2.05) is 87.5 Å². The highest BCUT2D eigenvalue weighted by Crippen LogP contribution is 2.36. The summed E-state index contributed by atoms with van der Waals surface area (Å²) in [6, 6.07) is 20.6. The van der Waals surface area contributed by atoms with Crippen molar-refractivity contribution >= 4 is 23.1 Å². The van der Waals surface area contributed by atoms with Crippen molar-refractivity contribution < 1.29 is 19.1 Å². The number of benzene rings is 3. The second-order valence-corrected chi connectivity index (χ2v) is 8.13. The minimum atomic E-state index is -0.391. The average molecular weight is 457 g/mol. The Labute approximate surface area is 199 Å². The monoisotopic (exact) mass is 456 g/mol. The van der Waals surface area contributed by atoms with E-state index in [1.54, 1.807) is 7.11 Å². The van der Waals surface area contributed by atoms with Gasteiger partial charge in [-0.3, -0.25) is 14.5 Å². The summed E-state index contributed by atoms with van der Waals surface area (Å²) >= 11 is 0. The summed E-state index contributed by atoms with van der Waals surface area (Å²) in [4.78, 5) is 28.6. The van der Waals surface area contributed by atoms with E-state index in [9.17, 15) is 9.59 Å². The van der Waals surface area contributed by atoms with Gasteiger partial charge in [-0.1, -0.05) is 54.1 Å². The minimum Gasteiger partial charge on any atom is -0.496 e. The molecule has 3 aromatic carbocycles. The van der Waals surface area contributed by atoms with Gasteiger partial charge in [0.2, 0.25) is 0 Å². The third-order valence-corrected chi connectivity index (χ3v) is 5.79. The molecule has 34 heavy (non-hydrogen) atoms. The number of ether oxygens (including phenoxy) is 2. The van der Waals surface area contributed by atoms with Gasteiger partial charge in [0, 0.05) is 5.56 Å². The molecule has 1 N–H and O–H groups in total. The van der Waals surface area contributed by atoms with Crippen LogP contribution in [0.4, 0.5) is 5.69 Å². The van der Waals surface area contributed by atoms with Gasteiger partial charge >= 0.3 is 0 Å². The van der Waals surface area contributed by atoms with Crippen LogP contribution >= 0.6 is 0 Å². The molecule has 1 aliphatic rings. The molecule has 2 amide bonds. The maximum Gasteiger partial charge on any atom is 0.278 e. The number of carbonyl (C=O) groups excluding carboxylic acids is 2. The Balaban J connectivity index is 1.80. The molecule has 0 radical (unpaired) electrons. The van der Waals surface area contributed by atoms with Crippen molar-refractivity contribution in [2.75, 3.05) is 19.0 Å². The highest BCUT2D eigenvalue weighted by atomic mass is 16.5. The Morgan fingerprint density at radius 2 is 1.59 bits per heavy atom. The fraction of sp³-hybridized carbons (Fsp3) is 0.214. The normalized spacial score (nSPS) is 13.5. The number of nitrogens with one attached hydrogen (secondary N) is 1. The van der Waals surface area contributed by atoms with Crippen molar-refractivity contribution in [2.45, 2.75) is 27.3 Å². The lowest BCUT2D eigenvalue weighted by atomic mass is 9.97. The topological polar surface area (TPSA) is 67.9 Å². The first kappa shape index (κ1) is 23.1. The number of hydrogen-bond donors (Lipinski definition) is 1. The van der Waals surface area contributed by atoms with Gasteiger partial charge in [0.25, 0.3) is 11.8 Å². The quantitative estimate of drug-likeness (QED) is 0.478. The molecule has 4 rings (SSSR count). The number of nitrogens with zero attached hydrogens (tertiary/aromatic N) is 1. The summed E-state index contributed by atoms with van der Waals surface area (Å²) in [6.07, 6.45) is 0. The van der Waals surface area contributed by atoms with Crippen molar-refractivity contribution in [1.29, 1.82) is 0 Å². The molecule has 3 aromatic rings. The molecular weight excluding hydrogens is 428 g/mol. The number of anilines is 1. The number of hydrogen-bond acceptors (Lipinski definition) is 5. The predicted molar refractivity (Wildman–Crippen MR) is 133 cm³/mol. The lowest BCUT2D eigenvalue weighted by Crippen LogP contribution is -2.32. The van der Waals surface area contributed by atoms with Gasteiger partial charge < -0.3 is 14.8 Å². The maximum atomic E-state index is 13.7. The van der Waals surface area contributed by atoms with Crippen LogP contribution in [0.3, 0.4) is 0 Å². The molecule has 0 atom stereocenters. The average Bonchev–Trinajstić information content (AvgIpc) is 3.05. The van der Waals surface area contributed by atoms with Gasteiger partial charge in [-0.15, -0.1) is 0 Å². The maximum absolute atomic E-state index is 13.7. The first-order chi connectivity index (χ1) is 16.4. The van der Waals surface area contributed by atoms with Crippen molar-refractivity contribution in [3.05, 3.63) is 94.7 Å². The molecule has 0 saturated heterocycles. The van der Waals surface area contributed by atoms with E-state index in [0.29, 0.717) is 29.4 Å². The molecule has 0 aromatic heterocycles. The Bertz CT molecular complexity index is 1280. The Kier molecular flexibility index (Phi) is 6.68. The molecule has 174 valence electrons. The van der Waals surface area contributed by atoms with Crippen LogP contribution in [0.15, 0.2) is 72.4 Å². The van der Waals surface area contributed by atoms with E-state index in [0.717, 1.165) is 22.3 Å². The van der Waals surface area contributed by atoms with Gasteiger partial charge in [0.15, 0.2) is 0 Å². The van der Waals surface area contributed by atoms with E-state index in [4.69, 9.17) is 9.47 Å². The molecular formula is C28H28N2O4. The SMILES string of the molecule is CCOc1ccccc1NC1=C(c2ccc(C)cc2C)C(=O)N(Cc2ccccc2OC)C1=O. The van der Waals surface area contributed by atoms with Gasteiger partial charge in [-0.05, 0) is 50.1 Å². The van der Waals surface area contributed by atoms with Crippen molar-refractivity contribution in [3.63, 3.8) is 0 Å². The molecule has 0 fully saturated rings. The molecule has 6 nitrogen and oxygen atoms in total. The lowest BCUT2D eigenvalue weighted by molar-refractivity contribution is -0.137. The van der Waals surface area contributed by atoms with Gasteiger partial charge in [0.05, 0.1) is 31.5 Å². The molecule has 1 heterocycles. The van der Waals surface area contributed by atoms with E-state index in [1.165, 1.54) is 4.90 Å². The first-order valence-electron chi connectivity index (χ1n) is 11.2. The van der Waals surface area contributed by atoms with Crippen LogP contribution in [0, 0.1) is 13.8 Å². The Morgan fingerprint density at radius 1 is 0.882 bits per heavy atom. The van der Waals surface area contributed by atoms with Crippen LogP contribution in [-0.2, 0) is 16.1 Å². The fourth-order valence-corrected chi connectivity index (χ4v) is 4.17. The summed E-state index contributed by atoms with van der Waals surface area (Å²) in [5.41, 5.74) is 4.70. The number of para-hydroxylation sites is 3. The fourth-order valence-electron chi connectivity index (χ4n) is 4.17. The number of amides is 2. The standard InChI is InChI=1S/C28H28N2O4/c1-5-34-24-13-9-7-11-22(24)29-26-25(21-15-14-18(2)16-19(21)3)27(31)30(28(26)32)17-20-10-6-8-12-23(20)33-4/h6-16,29H,5,17H2,1-4H3. The van der Waals surface area contributed by atoms with Gasteiger partial charge in [0.1, 0.15) is 17.2 Å². The second-order valence-electron chi connectivity index (χ2n) is 8.13. The molecule has 1 aliphatic heterocycles. The Hall–Kier alpha value is -4.06. The highest BCUT2D eigenvalue weighted by Gasteiger charge is 2.40. The number of carbonyl (C=O) groups is 2. The predicted octanol–water partition coefficient (Wildman–Crippen LogP) is 5.10. The third kappa shape index (κ3) is 4.39. The van der Waals surface area contributed by atoms with Crippen LogP contribution in [0.1, 0.15) is 29.2 Å². The van der Waals surface area contributed by atoms with Crippen molar-refractivity contribution in [2.24, 2.45) is 0 Å². The van der Waals surface area contributed by atoms with E-state index in [2.05, 4.69) is 5.32 Å². The molecule has 0 spiro atoms. The van der Waals surface area contributed by atoms with Gasteiger partial charge in [-0.25, -0.2) is 0 Å². The number of rotatable bonds is 8. The van der Waals surface area contributed by atoms with E-state index in [-0.39, 0.29) is 18.1 Å². The first-order valence-corrected chi connectivity index (χ1v) is 11.2. The zero-order valence-corrected chi connectivity index (χ0v) is 19.8. The minimum absolute atomic E-state index is 0.106. The number of methoxy groups -OCH3 is 1. The summed E-state index contributed by atoms with van der Waals surface area (Å²) in [7, 11) is 1.57. The van der Waals surface area contributed by atoms with Crippen molar-refractivity contribution in [1.82, 2.24) is 4.90 Å². The Morgan fingerprint density at radius 3 is 2.29 bits per heavy atom. The zero-order chi connectivity index (χ0) is 24.2. The van der Waals surface area contributed by atoms with E-state index >= 15 is 0 Å². The summed E-state index contributed by atoms with van der Waals surface area (Å²) in [6.45, 7) is 6.43. The number of imide groups is 1. The summed E-state index contributed by atoms with van der Waals surface area (Å²) in [5.74, 6) is 0.497. The van der Waals surface area contributed by atoms with Gasteiger partial charge in [-0.2, -0.15) is 0 Å². The van der Waals surface area contributed by atoms with Crippen LogP contribution in [-0.4, -0.2) is 30.4 Å². The summed E-state index contributed by atoms with van der Waals surface area (Å²) < 4.78 is 11.2. The van der Waals surface area contributed by atoms with Crippen LogP contribution in [0.5, 0.6) is 11.5 Å². The third-order valence-electron chi connectivity index (χ3n) is 5.79. The molecule has 0 unspecified atom stereocenters.